The van der Waals surface area contributed by atoms with Crippen molar-refractivity contribution in [1.29, 1.82) is 0 Å². The number of rotatable bonds is 1. The Labute approximate surface area is 82.7 Å². The van der Waals surface area contributed by atoms with Crippen molar-refractivity contribution in [3.63, 3.8) is 0 Å². The Morgan fingerprint density at radius 3 is 2.17 bits per heavy atom. The monoisotopic (exact) mass is 235 g/mol. The molecule has 0 unspecified atom stereocenters. The van der Waals surface area contributed by atoms with E-state index in [-0.39, 0.29) is 0 Å². The second-order valence-corrected chi connectivity index (χ2v) is 3.81. The summed E-state index contributed by atoms with van der Waals surface area (Å²) in [6.07, 6.45) is 0. The molecule has 12 heavy (non-hydrogen) atoms. The van der Waals surface area contributed by atoms with Crippen molar-refractivity contribution in [2.24, 2.45) is 0 Å². The molecule has 0 aliphatic carbocycles. The standard InChI is InChI=1S/C7H7O.HO2P.Zn/c1-8-7-5-3-2-4-6-7;1-3-2;/h3-6H,1H3;(H,1,2);. The minimum atomic E-state index is -0.833. The second kappa shape index (κ2) is 7.36. The van der Waals surface area contributed by atoms with Gasteiger partial charge in [0, 0.05) is 0 Å². The van der Waals surface area contributed by atoms with Crippen LogP contribution in [0.1, 0.15) is 0 Å². The van der Waals surface area contributed by atoms with Crippen LogP contribution in [0.5, 0.6) is 5.75 Å². The van der Waals surface area contributed by atoms with Gasteiger partial charge in [0.05, 0.1) is 0 Å². The van der Waals surface area contributed by atoms with Gasteiger partial charge in [0.2, 0.25) is 0 Å². The summed E-state index contributed by atoms with van der Waals surface area (Å²) in [7, 11) is 0.848. The average molecular weight is 237 g/mol. The molecule has 1 N–H and O–H groups in total. The minimum absolute atomic E-state index is 0.833. The average Bonchev–Trinajstić information content (AvgIpc) is 2.07. The summed E-state index contributed by atoms with van der Waals surface area (Å²) >= 11 is 1.21. The second-order valence-electron chi connectivity index (χ2n) is 1.93. The van der Waals surface area contributed by atoms with Crippen LogP contribution in [0.2, 0.25) is 0 Å². The smallest absolute Gasteiger partial charge is 0.310 e. The molecule has 0 amide bonds. The molecule has 0 bridgehead atoms. The van der Waals surface area contributed by atoms with Crippen LogP contribution in [0.25, 0.3) is 0 Å². The van der Waals surface area contributed by atoms with E-state index in [1.165, 1.54) is 22.5 Å². The molecule has 5 heteroatoms. The number of ether oxygens (including phenoxy) is 1. The van der Waals surface area contributed by atoms with Crippen LogP contribution in [0.3, 0.4) is 0 Å². The Balaban J connectivity index is 0.000000354. The predicted molar refractivity (Wildman–Crippen MR) is 42.5 cm³/mol. The minimum Gasteiger partial charge on any atom is -0.310 e. The predicted octanol–water partition coefficient (Wildman–Crippen LogP) is 1.05. The molecular formula is C7H8O3PZn. The van der Waals surface area contributed by atoms with Crippen molar-refractivity contribution in [3.8, 4) is 5.75 Å². The molecule has 0 atom stereocenters. The van der Waals surface area contributed by atoms with E-state index in [2.05, 4.69) is 12.1 Å². The van der Waals surface area contributed by atoms with Crippen LogP contribution in [0.4, 0.5) is 0 Å². The molecule has 0 aliphatic rings. The molecule has 0 saturated carbocycles. The number of benzene rings is 1. The van der Waals surface area contributed by atoms with E-state index in [1.54, 1.807) is 7.11 Å². The van der Waals surface area contributed by atoms with Gasteiger partial charge in [-0.05, 0) is 0 Å². The molecule has 1 rings (SSSR count). The molecule has 0 saturated heterocycles. The Kier molecular flexibility index (Phi) is 7.18. The zero-order valence-corrected chi connectivity index (χ0v) is 10.6. The topological polar surface area (TPSA) is 46.5 Å². The van der Waals surface area contributed by atoms with E-state index in [0.717, 1.165) is 5.75 Å². The third-order valence-corrected chi connectivity index (χ3v) is 2.15. The maximum atomic E-state index is 8.46. The first-order valence-electron chi connectivity index (χ1n) is 3.17. The first-order valence-corrected chi connectivity index (χ1v) is 5.42. The molecule has 0 spiro atoms. The summed E-state index contributed by atoms with van der Waals surface area (Å²) in [5.74, 6) is 0.937. The van der Waals surface area contributed by atoms with Gasteiger partial charge in [-0.3, -0.25) is 0 Å². The fraction of sp³-hybridized carbons (Fsp3) is 0.143. The van der Waals surface area contributed by atoms with E-state index >= 15 is 0 Å². The van der Waals surface area contributed by atoms with E-state index in [0.29, 0.717) is 0 Å². The third kappa shape index (κ3) is 5.37. The molecular weight excluding hydrogens is 228 g/mol. The van der Waals surface area contributed by atoms with Crippen LogP contribution in [-0.2, 0) is 22.9 Å². The zero-order valence-electron chi connectivity index (χ0n) is 6.73. The summed E-state index contributed by atoms with van der Waals surface area (Å²) in [5, 5.41) is 0. The molecule has 0 fully saturated rings. The van der Waals surface area contributed by atoms with Gasteiger partial charge in [0.15, 0.2) is 0 Å². The van der Waals surface area contributed by atoms with Crippen molar-refractivity contribution >= 4 is 12.8 Å². The fourth-order valence-corrected chi connectivity index (χ4v) is 1.12. The quantitative estimate of drug-likeness (QED) is 0.586. The summed E-state index contributed by atoms with van der Waals surface area (Å²) in [5.41, 5.74) is 0. The largest absolute Gasteiger partial charge is 0.324 e. The van der Waals surface area contributed by atoms with Crippen molar-refractivity contribution in [3.05, 3.63) is 24.3 Å². The van der Waals surface area contributed by atoms with Crippen LogP contribution < -0.4 is 8.89 Å². The van der Waals surface area contributed by atoms with E-state index in [1.807, 2.05) is 12.1 Å². The fourth-order valence-electron chi connectivity index (χ4n) is 0.626. The summed E-state index contributed by atoms with van der Waals surface area (Å²) in [4.78, 5) is 6.99. The van der Waals surface area contributed by atoms with Gasteiger partial charge in [0.1, 0.15) is 0 Å². The van der Waals surface area contributed by atoms with Gasteiger partial charge in [0.25, 0.3) is 0 Å². The van der Waals surface area contributed by atoms with Crippen molar-refractivity contribution in [2.45, 2.75) is 0 Å². The molecule has 0 aliphatic heterocycles. The number of hydrogen-bond donors (Lipinski definition) is 1. The van der Waals surface area contributed by atoms with Crippen LogP contribution in [0, 0.1) is 0 Å². The van der Waals surface area contributed by atoms with Gasteiger partial charge in [-0.1, -0.05) is 0 Å². The first-order chi connectivity index (χ1) is 5.74. The van der Waals surface area contributed by atoms with Crippen molar-refractivity contribution < 1.29 is 32.5 Å². The molecule has 1 aromatic rings. The van der Waals surface area contributed by atoms with Crippen molar-refractivity contribution in [2.75, 3.05) is 7.11 Å². The molecule has 0 aromatic heterocycles. The van der Waals surface area contributed by atoms with E-state index in [4.69, 9.17) is 14.2 Å². The molecule has 3 nitrogen and oxygen atoms in total. The SMILES string of the molecule is COc1cc[c]([Zn])cc1.O=PO. The van der Waals surface area contributed by atoms with E-state index < -0.39 is 8.69 Å². The normalized spacial score (nSPS) is 8.67. The molecule has 0 heterocycles. The van der Waals surface area contributed by atoms with Gasteiger partial charge in [-0.15, -0.1) is 0 Å². The maximum absolute atomic E-state index is 8.46. The van der Waals surface area contributed by atoms with Crippen LogP contribution in [0.15, 0.2) is 24.3 Å². The Morgan fingerprint density at radius 2 is 1.83 bits per heavy atom. The summed E-state index contributed by atoms with van der Waals surface area (Å²) in [6, 6.07) is 8.13. The zero-order chi connectivity index (χ0) is 9.40. The summed E-state index contributed by atoms with van der Waals surface area (Å²) in [6.45, 7) is 0. The number of hydrogen-bond acceptors (Lipinski definition) is 2. The van der Waals surface area contributed by atoms with Gasteiger partial charge in [-0.25, -0.2) is 4.57 Å². The van der Waals surface area contributed by atoms with Crippen LogP contribution in [-0.4, -0.2) is 12.0 Å². The number of methoxy groups -OCH3 is 1. The first kappa shape index (κ1) is 11.7. The molecule has 61 valence electrons. The van der Waals surface area contributed by atoms with E-state index in [9.17, 15) is 0 Å². The summed E-state index contributed by atoms with van der Waals surface area (Å²) < 4.78 is 14.8. The van der Waals surface area contributed by atoms with Crippen LogP contribution >= 0.6 is 8.69 Å². The molecule has 1 aromatic carbocycles. The van der Waals surface area contributed by atoms with Gasteiger partial charge >= 0.3 is 73.0 Å². The Hall–Kier alpha value is -0.297. The Bertz CT molecular complexity index is 225. The van der Waals surface area contributed by atoms with Gasteiger partial charge in [-0.2, -0.15) is 0 Å². The Morgan fingerprint density at radius 1 is 1.42 bits per heavy atom. The van der Waals surface area contributed by atoms with Gasteiger partial charge < -0.3 is 4.89 Å². The van der Waals surface area contributed by atoms with Crippen molar-refractivity contribution in [1.82, 2.24) is 0 Å². The third-order valence-electron chi connectivity index (χ3n) is 1.16. The molecule has 0 radical (unpaired) electrons. The maximum Gasteiger partial charge on any atom is 0.324 e.